The Morgan fingerprint density at radius 3 is 2.45 bits per heavy atom. The van der Waals surface area contributed by atoms with E-state index in [2.05, 4.69) is 45.6 Å². The molecule has 0 saturated heterocycles. The Bertz CT molecular complexity index is 1170. The number of ether oxygens (including phenoxy) is 1. The van der Waals surface area contributed by atoms with Gasteiger partial charge < -0.3 is 19.1 Å². The molecule has 8 heteroatoms. The van der Waals surface area contributed by atoms with E-state index in [-0.39, 0.29) is 18.4 Å². The van der Waals surface area contributed by atoms with Crippen molar-refractivity contribution in [2.45, 2.75) is 46.2 Å². The lowest BCUT2D eigenvalue weighted by molar-refractivity contribution is -0.132. The third-order valence-electron chi connectivity index (χ3n) is 6.28. The van der Waals surface area contributed by atoms with Crippen LogP contribution in [0.1, 0.15) is 54.7 Å². The summed E-state index contributed by atoms with van der Waals surface area (Å²) in [6, 6.07) is 19.2. The van der Waals surface area contributed by atoms with Crippen molar-refractivity contribution in [1.29, 1.82) is 0 Å². The fraction of sp³-hybridized carbons (Fsp3) is 0.400. The number of hydrogen-bond donors (Lipinski definition) is 0. The molecular formula is C30H37BrClN3O3. The first kappa shape index (κ1) is 29.9. The molecule has 204 valence electrons. The summed E-state index contributed by atoms with van der Waals surface area (Å²) in [5, 5.41) is 0.493. The number of unbranched alkanes of at least 4 members (excludes halogenated alkanes) is 1. The number of aromatic nitrogens is 1. The summed E-state index contributed by atoms with van der Waals surface area (Å²) in [5.41, 5.74) is 2.72. The van der Waals surface area contributed by atoms with E-state index in [9.17, 15) is 9.59 Å². The number of carbonyl (C=O) groups is 2. The first-order valence-electron chi connectivity index (χ1n) is 13.2. The average Bonchev–Trinajstić information content (AvgIpc) is 3.35. The van der Waals surface area contributed by atoms with Crippen molar-refractivity contribution in [1.82, 2.24) is 14.4 Å². The fourth-order valence-electron chi connectivity index (χ4n) is 4.19. The average molecular weight is 603 g/mol. The molecule has 0 fully saturated rings. The summed E-state index contributed by atoms with van der Waals surface area (Å²) in [6.45, 7) is 7.49. The van der Waals surface area contributed by atoms with Crippen LogP contribution in [-0.4, -0.2) is 59.0 Å². The van der Waals surface area contributed by atoms with Gasteiger partial charge in [0.15, 0.2) is 0 Å². The molecule has 2 aromatic carbocycles. The van der Waals surface area contributed by atoms with Gasteiger partial charge in [-0.05, 0) is 67.8 Å². The van der Waals surface area contributed by atoms with Gasteiger partial charge >= 0.3 is 0 Å². The molecule has 0 spiro atoms. The number of carbonyl (C=O) groups excluding carboxylic acids is 2. The van der Waals surface area contributed by atoms with Crippen molar-refractivity contribution in [2.24, 2.45) is 0 Å². The van der Waals surface area contributed by atoms with Gasteiger partial charge in [-0.15, -0.1) is 0 Å². The van der Waals surface area contributed by atoms with Gasteiger partial charge in [0.2, 0.25) is 5.91 Å². The SMILES string of the molecule is CCCCN(Cc1cccn1Cc1ccc(Br)cc1)C(=O)CN(CCCOCC)C(=O)c1cccc(Cl)c1. The van der Waals surface area contributed by atoms with Crippen LogP contribution in [0.25, 0.3) is 0 Å². The third-order valence-corrected chi connectivity index (χ3v) is 7.05. The van der Waals surface area contributed by atoms with Crippen LogP contribution < -0.4 is 0 Å². The minimum atomic E-state index is -0.202. The zero-order chi connectivity index (χ0) is 27.3. The maximum atomic E-state index is 13.6. The molecule has 38 heavy (non-hydrogen) atoms. The van der Waals surface area contributed by atoms with Gasteiger partial charge in [-0.3, -0.25) is 9.59 Å². The monoisotopic (exact) mass is 601 g/mol. The van der Waals surface area contributed by atoms with Gasteiger partial charge in [-0.2, -0.15) is 0 Å². The Kier molecular flexibility index (Phi) is 12.4. The molecule has 0 N–H and O–H groups in total. The molecule has 3 aromatic rings. The second kappa shape index (κ2) is 15.7. The predicted molar refractivity (Wildman–Crippen MR) is 156 cm³/mol. The Labute approximate surface area is 239 Å². The molecule has 0 radical (unpaired) electrons. The molecule has 1 heterocycles. The number of amides is 2. The van der Waals surface area contributed by atoms with Crippen molar-refractivity contribution < 1.29 is 14.3 Å². The Balaban J connectivity index is 1.75. The largest absolute Gasteiger partial charge is 0.382 e. The standard InChI is InChI=1S/C30H37BrClN3O3/c1-3-5-16-34(22-28-11-7-17-33(28)21-24-12-14-26(31)15-13-24)29(36)23-35(18-8-19-38-4-2)30(37)25-9-6-10-27(32)20-25/h6-7,9-15,17,20H,3-5,8,16,18-19,21-23H2,1-2H3. The molecule has 0 bridgehead atoms. The van der Waals surface area contributed by atoms with E-state index in [0.29, 0.717) is 49.9 Å². The smallest absolute Gasteiger partial charge is 0.254 e. The van der Waals surface area contributed by atoms with E-state index in [4.69, 9.17) is 16.3 Å². The van der Waals surface area contributed by atoms with E-state index in [1.165, 1.54) is 5.56 Å². The molecule has 0 aliphatic heterocycles. The van der Waals surface area contributed by atoms with Crippen LogP contribution in [0.15, 0.2) is 71.3 Å². The molecule has 0 aliphatic rings. The van der Waals surface area contributed by atoms with Crippen LogP contribution in [0.2, 0.25) is 5.02 Å². The van der Waals surface area contributed by atoms with Gasteiger partial charge in [0.1, 0.15) is 6.54 Å². The molecule has 0 saturated carbocycles. The summed E-state index contributed by atoms with van der Waals surface area (Å²) in [6.07, 6.45) is 4.57. The van der Waals surface area contributed by atoms with Gasteiger partial charge in [0.25, 0.3) is 5.91 Å². The van der Waals surface area contributed by atoms with E-state index in [0.717, 1.165) is 29.6 Å². The molecule has 3 rings (SSSR count). The van der Waals surface area contributed by atoms with Crippen LogP contribution in [-0.2, 0) is 22.6 Å². The summed E-state index contributed by atoms with van der Waals surface area (Å²) in [7, 11) is 0. The van der Waals surface area contributed by atoms with E-state index < -0.39 is 0 Å². The lowest BCUT2D eigenvalue weighted by Crippen LogP contribution is -2.44. The summed E-state index contributed by atoms with van der Waals surface area (Å²) in [4.78, 5) is 30.5. The highest BCUT2D eigenvalue weighted by molar-refractivity contribution is 9.10. The van der Waals surface area contributed by atoms with Gasteiger partial charge in [-0.1, -0.05) is 59.1 Å². The number of benzene rings is 2. The fourth-order valence-corrected chi connectivity index (χ4v) is 4.65. The maximum absolute atomic E-state index is 13.6. The van der Waals surface area contributed by atoms with Crippen molar-refractivity contribution in [3.05, 3.63) is 93.2 Å². The lowest BCUT2D eigenvalue weighted by atomic mass is 10.2. The zero-order valence-electron chi connectivity index (χ0n) is 22.2. The molecule has 0 aliphatic carbocycles. The minimum absolute atomic E-state index is 0.00854. The Morgan fingerprint density at radius 1 is 0.974 bits per heavy atom. The second-order valence-electron chi connectivity index (χ2n) is 9.21. The van der Waals surface area contributed by atoms with Crippen molar-refractivity contribution in [3.8, 4) is 0 Å². The van der Waals surface area contributed by atoms with Crippen LogP contribution in [0.5, 0.6) is 0 Å². The topological polar surface area (TPSA) is 54.8 Å². The molecule has 2 amide bonds. The normalized spacial score (nSPS) is 10.9. The van der Waals surface area contributed by atoms with Crippen molar-refractivity contribution in [3.63, 3.8) is 0 Å². The van der Waals surface area contributed by atoms with E-state index in [1.54, 1.807) is 29.2 Å². The highest BCUT2D eigenvalue weighted by atomic mass is 79.9. The quantitative estimate of drug-likeness (QED) is 0.183. The van der Waals surface area contributed by atoms with Crippen LogP contribution >= 0.6 is 27.5 Å². The number of hydrogen-bond acceptors (Lipinski definition) is 3. The predicted octanol–water partition coefficient (Wildman–Crippen LogP) is 6.65. The molecule has 6 nitrogen and oxygen atoms in total. The lowest BCUT2D eigenvalue weighted by Gasteiger charge is -2.28. The number of nitrogens with zero attached hydrogens (tertiary/aromatic N) is 3. The zero-order valence-corrected chi connectivity index (χ0v) is 24.6. The second-order valence-corrected chi connectivity index (χ2v) is 10.6. The van der Waals surface area contributed by atoms with Gasteiger partial charge in [-0.25, -0.2) is 0 Å². The molecule has 0 unspecified atom stereocenters. The molecule has 0 atom stereocenters. The first-order chi connectivity index (χ1) is 18.4. The Hall–Kier alpha value is -2.61. The van der Waals surface area contributed by atoms with Gasteiger partial charge in [0.05, 0.1) is 6.54 Å². The van der Waals surface area contributed by atoms with Crippen molar-refractivity contribution >= 4 is 39.3 Å². The van der Waals surface area contributed by atoms with Crippen LogP contribution in [0, 0.1) is 0 Å². The van der Waals surface area contributed by atoms with E-state index >= 15 is 0 Å². The number of halogens is 2. The molecule has 1 aromatic heterocycles. The Morgan fingerprint density at radius 2 is 1.74 bits per heavy atom. The highest BCUT2D eigenvalue weighted by Gasteiger charge is 2.23. The molecular weight excluding hydrogens is 566 g/mol. The van der Waals surface area contributed by atoms with Gasteiger partial charge in [0, 0.05) is 59.8 Å². The van der Waals surface area contributed by atoms with E-state index in [1.807, 2.05) is 36.2 Å². The summed E-state index contributed by atoms with van der Waals surface area (Å²) < 4.78 is 8.69. The minimum Gasteiger partial charge on any atom is -0.382 e. The van der Waals surface area contributed by atoms with Crippen LogP contribution in [0.4, 0.5) is 0 Å². The first-order valence-corrected chi connectivity index (χ1v) is 14.4. The van der Waals surface area contributed by atoms with Crippen LogP contribution in [0.3, 0.4) is 0 Å². The highest BCUT2D eigenvalue weighted by Crippen LogP contribution is 2.16. The number of rotatable bonds is 15. The third kappa shape index (κ3) is 9.29. The summed E-state index contributed by atoms with van der Waals surface area (Å²) in [5.74, 6) is -0.270. The maximum Gasteiger partial charge on any atom is 0.254 e. The summed E-state index contributed by atoms with van der Waals surface area (Å²) >= 11 is 9.63. The van der Waals surface area contributed by atoms with Crippen molar-refractivity contribution in [2.75, 3.05) is 32.8 Å².